The molecule has 0 saturated heterocycles. The fraction of sp³-hybridized carbons (Fsp3) is 0.231. The van der Waals surface area contributed by atoms with E-state index in [1.165, 1.54) is 18.3 Å². The number of benzene rings is 1. The van der Waals surface area contributed by atoms with E-state index < -0.39 is 0 Å². The lowest BCUT2D eigenvalue weighted by atomic mass is 10.3. The number of nitrogens with zero attached hydrogens (tertiary/aromatic N) is 1. The average molecular weight is 294 g/mol. The summed E-state index contributed by atoms with van der Waals surface area (Å²) in [7, 11) is 1.65. The first kappa shape index (κ1) is 13.9. The summed E-state index contributed by atoms with van der Waals surface area (Å²) < 4.78 is 5.11. The van der Waals surface area contributed by atoms with Crippen LogP contribution in [0, 0.1) is 0 Å². The Morgan fingerprint density at radius 2 is 2.16 bits per heavy atom. The number of carbonyl (C=O) groups excluding carboxylic acids is 1. The minimum absolute atomic E-state index is 0.0938. The molecule has 1 N–H and O–H groups in total. The number of ether oxygens (including phenoxy) is 1. The molecule has 6 heteroatoms. The van der Waals surface area contributed by atoms with Crippen molar-refractivity contribution >= 4 is 34.1 Å². The lowest BCUT2D eigenvalue weighted by Gasteiger charge is -2.02. The van der Waals surface area contributed by atoms with Crippen molar-refractivity contribution in [2.45, 2.75) is 17.6 Å². The second kappa shape index (κ2) is 6.58. The average Bonchev–Trinajstić information content (AvgIpc) is 2.84. The Labute approximate surface area is 120 Å². The molecule has 1 amide bonds. The SMILES string of the molecule is COc1ccc(SCc2csc(NC(C)=O)n2)cc1. The van der Waals surface area contributed by atoms with Crippen LogP contribution in [0.4, 0.5) is 5.13 Å². The topological polar surface area (TPSA) is 51.2 Å². The van der Waals surface area contributed by atoms with Gasteiger partial charge >= 0.3 is 0 Å². The first-order valence-corrected chi connectivity index (χ1v) is 7.53. The van der Waals surface area contributed by atoms with Gasteiger partial charge in [0, 0.05) is 23.0 Å². The van der Waals surface area contributed by atoms with Crippen LogP contribution in [0.3, 0.4) is 0 Å². The summed E-state index contributed by atoms with van der Waals surface area (Å²) in [5, 5.41) is 5.29. The number of anilines is 1. The molecule has 0 fully saturated rings. The maximum Gasteiger partial charge on any atom is 0.223 e. The van der Waals surface area contributed by atoms with E-state index in [0.29, 0.717) is 5.13 Å². The molecule has 0 saturated carbocycles. The number of thioether (sulfide) groups is 1. The highest BCUT2D eigenvalue weighted by Gasteiger charge is 2.04. The van der Waals surface area contributed by atoms with E-state index in [2.05, 4.69) is 10.3 Å². The second-order valence-electron chi connectivity index (χ2n) is 3.79. The smallest absolute Gasteiger partial charge is 0.223 e. The standard InChI is InChI=1S/C13H14N2O2S2/c1-9(16)14-13-15-10(8-19-13)7-18-12-5-3-11(17-2)4-6-12/h3-6,8H,7H2,1-2H3,(H,14,15,16). The first-order valence-electron chi connectivity index (χ1n) is 5.66. The highest BCUT2D eigenvalue weighted by atomic mass is 32.2. The third kappa shape index (κ3) is 4.25. The fourth-order valence-electron chi connectivity index (χ4n) is 1.41. The molecule has 1 heterocycles. The number of aromatic nitrogens is 1. The largest absolute Gasteiger partial charge is 0.497 e. The van der Waals surface area contributed by atoms with Crippen molar-refractivity contribution in [3.63, 3.8) is 0 Å². The Kier molecular flexibility index (Phi) is 4.81. The van der Waals surface area contributed by atoms with Gasteiger partial charge in [-0.3, -0.25) is 4.79 Å². The zero-order chi connectivity index (χ0) is 13.7. The van der Waals surface area contributed by atoms with Gasteiger partial charge in [-0.25, -0.2) is 4.98 Å². The zero-order valence-corrected chi connectivity index (χ0v) is 12.3. The number of amides is 1. The van der Waals surface area contributed by atoms with E-state index in [0.717, 1.165) is 22.1 Å². The molecule has 1 aromatic heterocycles. The van der Waals surface area contributed by atoms with Crippen LogP contribution in [-0.4, -0.2) is 18.0 Å². The lowest BCUT2D eigenvalue weighted by Crippen LogP contribution is -2.05. The van der Waals surface area contributed by atoms with Crippen LogP contribution in [0.2, 0.25) is 0 Å². The number of methoxy groups -OCH3 is 1. The molecule has 0 unspecified atom stereocenters. The number of hydrogen-bond donors (Lipinski definition) is 1. The molecule has 19 heavy (non-hydrogen) atoms. The number of carbonyl (C=O) groups is 1. The number of thiazole rings is 1. The Morgan fingerprint density at radius 3 is 2.79 bits per heavy atom. The van der Waals surface area contributed by atoms with Crippen molar-refractivity contribution in [1.29, 1.82) is 0 Å². The number of hydrogen-bond acceptors (Lipinski definition) is 5. The molecule has 100 valence electrons. The summed E-state index contributed by atoms with van der Waals surface area (Å²) in [5.74, 6) is 1.54. The highest BCUT2D eigenvalue weighted by molar-refractivity contribution is 7.98. The van der Waals surface area contributed by atoms with E-state index in [1.807, 2.05) is 29.6 Å². The molecule has 0 bridgehead atoms. The minimum Gasteiger partial charge on any atom is -0.497 e. The Hall–Kier alpha value is -1.53. The van der Waals surface area contributed by atoms with Crippen molar-refractivity contribution in [2.75, 3.05) is 12.4 Å². The van der Waals surface area contributed by atoms with Gasteiger partial charge in [0.25, 0.3) is 0 Å². The van der Waals surface area contributed by atoms with Crippen molar-refractivity contribution in [2.24, 2.45) is 0 Å². The Morgan fingerprint density at radius 1 is 1.42 bits per heavy atom. The summed E-state index contributed by atoms with van der Waals surface area (Å²) in [5.41, 5.74) is 0.967. The highest BCUT2D eigenvalue weighted by Crippen LogP contribution is 2.26. The Balaban J connectivity index is 1.90. The molecular weight excluding hydrogens is 280 g/mol. The van der Waals surface area contributed by atoms with Gasteiger partial charge in [-0.1, -0.05) is 0 Å². The Bertz CT molecular complexity index is 552. The monoisotopic (exact) mass is 294 g/mol. The van der Waals surface area contributed by atoms with E-state index in [1.54, 1.807) is 18.9 Å². The van der Waals surface area contributed by atoms with Gasteiger partial charge in [-0.05, 0) is 24.3 Å². The van der Waals surface area contributed by atoms with Crippen LogP contribution >= 0.6 is 23.1 Å². The molecule has 1 aromatic carbocycles. The molecule has 0 spiro atoms. The van der Waals surface area contributed by atoms with Crippen LogP contribution < -0.4 is 10.1 Å². The zero-order valence-electron chi connectivity index (χ0n) is 10.7. The molecule has 2 rings (SSSR count). The van der Waals surface area contributed by atoms with Gasteiger partial charge in [-0.15, -0.1) is 23.1 Å². The van der Waals surface area contributed by atoms with Gasteiger partial charge in [0.2, 0.25) is 5.91 Å². The lowest BCUT2D eigenvalue weighted by molar-refractivity contribution is -0.114. The van der Waals surface area contributed by atoms with Gasteiger partial charge in [0.1, 0.15) is 5.75 Å². The maximum absolute atomic E-state index is 10.9. The third-order valence-electron chi connectivity index (χ3n) is 2.28. The molecule has 0 radical (unpaired) electrons. The summed E-state index contributed by atoms with van der Waals surface area (Å²) in [6.45, 7) is 1.48. The van der Waals surface area contributed by atoms with E-state index in [9.17, 15) is 4.79 Å². The molecule has 0 aliphatic heterocycles. The van der Waals surface area contributed by atoms with Crippen LogP contribution in [-0.2, 0) is 10.5 Å². The minimum atomic E-state index is -0.0938. The number of rotatable bonds is 5. The van der Waals surface area contributed by atoms with Crippen molar-refractivity contribution in [3.8, 4) is 5.75 Å². The third-order valence-corrected chi connectivity index (χ3v) is 4.13. The van der Waals surface area contributed by atoms with E-state index in [-0.39, 0.29) is 5.91 Å². The van der Waals surface area contributed by atoms with Gasteiger partial charge in [0.05, 0.1) is 12.8 Å². The first-order chi connectivity index (χ1) is 9.17. The molecular formula is C13H14N2O2S2. The summed E-state index contributed by atoms with van der Waals surface area (Å²) in [6, 6.07) is 7.91. The van der Waals surface area contributed by atoms with E-state index in [4.69, 9.17) is 4.74 Å². The van der Waals surface area contributed by atoms with Gasteiger partial charge in [0.15, 0.2) is 5.13 Å². The molecule has 2 aromatic rings. The summed E-state index contributed by atoms with van der Waals surface area (Å²) >= 11 is 3.14. The second-order valence-corrected chi connectivity index (χ2v) is 5.70. The number of nitrogens with one attached hydrogen (secondary N) is 1. The van der Waals surface area contributed by atoms with E-state index >= 15 is 0 Å². The normalized spacial score (nSPS) is 10.2. The molecule has 0 atom stereocenters. The maximum atomic E-state index is 10.9. The molecule has 0 aliphatic rings. The van der Waals surface area contributed by atoms with Crippen LogP contribution in [0.25, 0.3) is 0 Å². The summed E-state index contributed by atoms with van der Waals surface area (Å²) in [4.78, 5) is 16.4. The van der Waals surface area contributed by atoms with Crippen LogP contribution in [0.1, 0.15) is 12.6 Å². The predicted octanol–water partition coefficient (Wildman–Crippen LogP) is 3.40. The van der Waals surface area contributed by atoms with Crippen molar-refractivity contribution in [1.82, 2.24) is 4.98 Å². The van der Waals surface area contributed by atoms with Gasteiger partial charge < -0.3 is 10.1 Å². The van der Waals surface area contributed by atoms with Crippen molar-refractivity contribution in [3.05, 3.63) is 35.3 Å². The predicted molar refractivity (Wildman–Crippen MR) is 79.0 cm³/mol. The van der Waals surface area contributed by atoms with Crippen molar-refractivity contribution < 1.29 is 9.53 Å². The fourth-order valence-corrected chi connectivity index (χ4v) is 3.06. The molecule has 4 nitrogen and oxygen atoms in total. The quantitative estimate of drug-likeness (QED) is 0.859. The summed E-state index contributed by atoms with van der Waals surface area (Å²) in [6.07, 6.45) is 0. The van der Waals surface area contributed by atoms with Crippen LogP contribution in [0.15, 0.2) is 34.5 Å². The molecule has 0 aliphatic carbocycles. The van der Waals surface area contributed by atoms with Gasteiger partial charge in [-0.2, -0.15) is 0 Å². The van der Waals surface area contributed by atoms with Crippen LogP contribution in [0.5, 0.6) is 5.75 Å².